The first-order valence-corrected chi connectivity index (χ1v) is 5.72. The fourth-order valence-electron chi connectivity index (χ4n) is 1.52. The molecular weight excluding hydrogens is 242 g/mol. The van der Waals surface area contributed by atoms with E-state index in [9.17, 15) is 0 Å². The number of azo groups is 1. The van der Waals surface area contributed by atoms with E-state index in [0.29, 0.717) is 22.8 Å². The molecule has 98 valence electrons. The summed E-state index contributed by atoms with van der Waals surface area (Å²) in [4.78, 5) is 0. The Hall–Kier alpha value is -2.56. The van der Waals surface area contributed by atoms with Crippen molar-refractivity contribution >= 4 is 17.1 Å². The summed E-state index contributed by atoms with van der Waals surface area (Å²) in [6, 6.07) is 12.6. The number of benzene rings is 2. The van der Waals surface area contributed by atoms with Crippen LogP contribution in [0.15, 0.2) is 52.7 Å². The summed E-state index contributed by atoms with van der Waals surface area (Å²) >= 11 is 0. The van der Waals surface area contributed by atoms with Crippen molar-refractivity contribution in [3.8, 4) is 11.5 Å². The van der Waals surface area contributed by atoms with E-state index in [1.807, 2.05) is 18.2 Å². The summed E-state index contributed by atoms with van der Waals surface area (Å²) < 4.78 is 10.2. The van der Waals surface area contributed by atoms with Crippen LogP contribution in [-0.4, -0.2) is 14.2 Å². The zero-order valence-corrected chi connectivity index (χ0v) is 10.8. The number of nitrogens with two attached hydrogens (primary N) is 1. The van der Waals surface area contributed by atoms with Crippen molar-refractivity contribution in [3.05, 3.63) is 42.5 Å². The van der Waals surface area contributed by atoms with Crippen LogP contribution in [0.4, 0.5) is 17.1 Å². The molecular formula is C14H15N3O2. The molecule has 2 aromatic carbocycles. The normalized spacial score (nSPS) is 10.6. The van der Waals surface area contributed by atoms with Crippen molar-refractivity contribution in [2.24, 2.45) is 10.2 Å². The molecule has 19 heavy (non-hydrogen) atoms. The molecule has 0 saturated carbocycles. The van der Waals surface area contributed by atoms with Gasteiger partial charge in [0.05, 0.1) is 25.6 Å². The van der Waals surface area contributed by atoms with Gasteiger partial charge in [-0.3, -0.25) is 0 Å². The molecule has 0 heterocycles. The van der Waals surface area contributed by atoms with Gasteiger partial charge >= 0.3 is 0 Å². The van der Waals surface area contributed by atoms with Crippen LogP contribution in [0, 0.1) is 0 Å². The van der Waals surface area contributed by atoms with Crippen molar-refractivity contribution in [2.75, 3.05) is 20.0 Å². The second kappa shape index (κ2) is 5.86. The van der Waals surface area contributed by atoms with Crippen LogP contribution in [0.3, 0.4) is 0 Å². The van der Waals surface area contributed by atoms with Crippen molar-refractivity contribution in [2.45, 2.75) is 0 Å². The topological polar surface area (TPSA) is 69.2 Å². The van der Waals surface area contributed by atoms with Gasteiger partial charge in [-0.1, -0.05) is 6.07 Å². The highest BCUT2D eigenvalue weighted by Crippen LogP contribution is 2.29. The lowest BCUT2D eigenvalue weighted by atomic mass is 10.2. The van der Waals surface area contributed by atoms with Gasteiger partial charge in [0.1, 0.15) is 17.2 Å². The van der Waals surface area contributed by atoms with Gasteiger partial charge in [0.25, 0.3) is 0 Å². The van der Waals surface area contributed by atoms with E-state index in [4.69, 9.17) is 15.2 Å². The minimum Gasteiger partial charge on any atom is -0.497 e. The monoisotopic (exact) mass is 257 g/mol. The van der Waals surface area contributed by atoms with E-state index >= 15 is 0 Å². The van der Waals surface area contributed by atoms with Crippen LogP contribution in [0.5, 0.6) is 11.5 Å². The molecule has 2 N–H and O–H groups in total. The van der Waals surface area contributed by atoms with E-state index in [2.05, 4.69) is 10.2 Å². The lowest BCUT2D eigenvalue weighted by Gasteiger charge is -2.03. The second-order valence-electron chi connectivity index (χ2n) is 3.83. The second-order valence-corrected chi connectivity index (χ2v) is 3.83. The van der Waals surface area contributed by atoms with Crippen LogP contribution < -0.4 is 15.2 Å². The van der Waals surface area contributed by atoms with Crippen molar-refractivity contribution < 1.29 is 9.47 Å². The highest BCUT2D eigenvalue weighted by atomic mass is 16.5. The Balaban J connectivity index is 2.26. The summed E-state index contributed by atoms with van der Waals surface area (Å²) in [5.74, 6) is 1.42. The first-order chi connectivity index (χ1) is 9.22. The van der Waals surface area contributed by atoms with Crippen LogP contribution in [0.25, 0.3) is 0 Å². The molecule has 5 heteroatoms. The minimum absolute atomic E-state index is 0.549. The smallest absolute Gasteiger partial charge is 0.121 e. The average molecular weight is 257 g/mol. The zero-order valence-electron chi connectivity index (χ0n) is 10.8. The van der Waals surface area contributed by atoms with Crippen molar-refractivity contribution in [1.82, 2.24) is 0 Å². The van der Waals surface area contributed by atoms with E-state index in [1.165, 1.54) is 0 Å². The number of nitrogens with zero attached hydrogens (tertiary/aromatic N) is 2. The molecule has 0 fully saturated rings. The minimum atomic E-state index is 0.549. The molecule has 5 nitrogen and oxygen atoms in total. The molecule has 2 rings (SSSR count). The van der Waals surface area contributed by atoms with Gasteiger partial charge < -0.3 is 15.2 Å². The van der Waals surface area contributed by atoms with Gasteiger partial charge in [0.15, 0.2) is 0 Å². The highest BCUT2D eigenvalue weighted by Gasteiger charge is 2.00. The summed E-state index contributed by atoms with van der Waals surface area (Å²) in [5.41, 5.74) is 7.65. The SMILES string of the molecule is COc1cccc(N=Nc2cc(OC)ccc2N)c1. The molecule has 0 spiro atoms. The molecule has 0 radical (unpaired) electrons. The maximum atomic E-state index is 5.83. The number of hydrogen-bond donors (Lipinski definition) is 1. The lowest BCUT2D eigenvalue weighted by molar-refractivity contribution is 0.414. The van der Waals surface area contributed by atoms with Gasteiger partial charge in [0, 0.05) is 12.1 Å². The maximum absolute atomic E-state index is 5.83. The van der Waals surface area contributed by atoms with Crippen LogP contribution >= 0.6 is 0 Å². The summed E-state index contributed by atoms with van der Waals surface area (Å²) in [6.07, 6.45) is 0. The predicted octanol–water partition coefficient (Wildman–Crippen LogP) is 3.70. The van der Waals surface area contributed by atoms with E-state index in [-0.39, 0.29) is 0 Å². The molecule has 0 aliphatic heterocycles. The van der Waals surface area contributed by atoms with Gasteiger partial charge in [-0.05, 0) is 24.3 Å². The third kappa shape index (κ3) is 3.22. The third-order valence-electron chi connectivity index (χ3n) is 2.56. The molecule has 0 aliphatic carbocycles. The van der Waals surface area contributed by atoms with Crippen molar-refractivity contribution in [1.29, 1.82) is 0 Å². The highest BCUT2D eigenvalue weighted by molar-refractivity contribution is 5.64. The molecule has 0 aliphatic rings. The molecule has 0 saturated heterocycles. The van der Waals surface area contributed by atoms with Gasteiger partial charge in [-0.2, -0.15) is 5.11 Å². The van der Waals surface area contributed by atoms with Gasteiger partial charge in [-0.15, -0.1) is 5.11 Å². The van der Waals surface area contributed by atoms with Gasteiger partial charge in [0.2, 0.25) is 0 Å². The van der Waals surface area contributed by atoms with E-state index in [1.54, 1.807) is 38.5 Å². The molecule has 2 aromatic rings. The summed E-state index contributed by atoms with van der Waals surface area (Å²) in [5, 5.41) is 8.26. The Morgan fingerprint density at radius 2 is 1.63 bits per heavy atom. The number of anilines is 1. The van der Waals surface area contributed by atoms with Crippen molar-refractivity contribution in [3.63, 3.8) is 0 Å². The number of ether oxygens (including phenoxy) is 2. The molecule has 0 atom stereocenters. The summed E-state index contributed by atoms with van der Waals surface area (Å²) in [7, 11) is 3.20. The first kappa shape index (κ1) is 12.9. The Morgan fingerprint density at radius 1 is 0.895 bits per heavy atom. The molecule has 0 amide bonds. The lowest BCUT2D eigenvalue weighted by Crippen LogP contribution is -1.87. The molecule has 0 bridgehead atoms. The summed E-state index contributed by atoms with van der Waals surface area (Å²) in [6.45, 7) is 0. The fraction of sp³-hybridized carbons (Fsp3) is 0.143. The number of hydrogen-bond acceptors (Lipinski definition) is 5. The molecule has 0 unspecified atom stereocenters. The fourth-order valence-corrected chi connectivity index (χ4v) is 1.52. The van der Waals surface area contributed by atoms with Crippen LogP contribution in [0.1, 0.15) is 0 Å². The number of nitrogen functional groups attached to an aromatic ring is 1. The van der Waals surface area contributed by atoms with E-state index < -0.39 is 0 Å². The quantitative estimate of drug-likeness (QED) is 0.670. The Morgan fingerprint density at radius 3 is 2.37 bits per heavy atom. The van der Waals surface area contributed by atoms with Crippen LogP contribution in [-0.2, 0) is 0 Å². The number of rotatable bonds is 4. The Labute approximate surface area is 111 Å². The predicted molar refractivity (Wildman–Crippen MR) is 74.6 cm³/mol. The van der Waals surface area contributed by atoms with E-state index in [0.717, 1.165) is 5.75 Å². The number of methoxy groups -OCH3 is 2. The molecule has 0 aromatic heterocycles. The van der Waals surface area contributed by atoms with Gasteiger partial charge in [-0.25, -0.2) is 0 Å². The zero-order chi connectivity index (χ0) is 13.7. The Kier molecular flexibility index (Phi) is 3.97. The average Bonchev–Trinajstić information content (AvgIpc) is 2.46. The largest absolute Gasteiger partial charge is 0.497 e. The van der Waals surface area contributed by atoms with Crippen LogP contribution in [0.2, 0.25) is 0 Å². The maximum Gasteiger partial charge on any atom is 0.121 e. The third-order valence-corrected chi connectivity index (χ3v) is 2.56. The first-order valence-electron chi connectivity index (χ1n) is 5.72. The standard InChI is InChI=1S/C14H15N3O2/c1-18-11-5-3-4-10(8-11)16-17-14-9-12(19-2)6-7-13(14)15/h3-9H,15H2,1-2H3. The Bertz CT molecular complexity index is 597.